The molecule has 0 unspecified atom stereocenters. The van der Waals surface area contributed by atoms with Crippen molar-refractivity contribution in [2.75, 3.05) is 6.54 Å². The van der Waals surface area contributed by atoms with Crippen LogP contribution in [-0.4, -0.2) is 28.8 Å². The lowest BCUT2D eigenvalue weighted by Crippen LogP contribution is -2.55. The summed E-state index contributed by atoms with van der Waals surface area (Å²) in [4.78, 5) is 16.2. The largest absolute Gasteiger partial charge is 0.444 e. The van der Waals surface area contributed by atoms with Gasteiger partial charge in [-0.15, -0.1) is 11.3 Å². The Labute approximate surface area is 141 Å². The molecule has 0 atom stereocenters. The van der Waals surface area contributed by atoms with Crippen molar-refractivity contribution in [3.05, 3.63) is 15.5 Å². The molecule has 0 fully saturated rings. The van der Waals surface area contributed by atoms with E-state index in [4.69, 9.17) is 16.3 Å². The number of carbonyl (C=O) groups excluding carboxylic acids is 1. The van der Waals surface area contributed by atoms with Crippen molar-refractivity contribution >= 4 is 29.0 Å². The van der Waals surface area contributed by atoms with Crippen LogP contribution in [0.4, 0.5) is 4.79 Å². The summed E-state index contributed by atoms with van der Waals surface area (Å²) >= 11 is 7.32. The van der Waals surface area contributed by atoms with Gasteiger partial charge < -0.3 is 15.4 Å². The van der Waals surface area contributed by atoms with Crippen LogP contribution in [0.3, 0.4) is 0 Å². The lowest BCUT2D eigenvalue weighted by Gasteiger charge is -2.34. The van der Waals surface area contributed by atoms with Gasteiger partial charge in [-0.3, -0.25) is 0 Å². The van der Waals surface area contributed by atoms with Gasteiger partial charge in [0.15, 0.2) is 0 Å². The number of hydrogen-bond donors (Lipinski definition) is 2. The second kappa shape index (κ2) is 8.13. The molecular formula is C15H26ClN3O2S. The first kappa shape index (κ1) is 19.2. The maximum atomic E-state index is 12.0. The maximum absolute atomic E-state index is 12.0. The number of nitrogens with one attached hydrogen (secondary N) is 2. The van der Waals surface area contributed by atoms with E-state index in [2.05, 4.69) is 29.5 Å². The first-order chi connectivity index (χ1) is 10.2. The summed E-state index contributed by atoms with van der Waals surface area (Å²) in [7, 11) is 0. The summed E-state index contributed by atoms with van der Waals surface area (Å²) in [5, 5.41) is 7.29. The predicted octanol–water partition coefficient (Wildman–Crippen LogP) is 3.97. The Hall–Kier alpha value is -0.850. The minimum atomic E-state index is -0.498. The van der Waals surface area contributed by atoms with Gasteiger partial charge in [-0.05, 0) is 33.6 Å². The molecule has 1 aromatic heterocycles. The quantitative estimate of drug-likeness (QED) is 0.783. The topological polar surface area (TPSA) is 63.2 Å². The van der Waals surface area contributed by atoms with Gasteiger partial charge in [0.25, 0.3) is 0 Å². The second-order valence-corrected chi connectivity index (χ2v) is 8.02. The average Bonchev–Trinajstić information content (AvgIpc) is 2.81. The Morgan fingerprint density at radius 1 is 1.36 bits per heavy atom. The summed E-state index contributed by atoms with van der Waals surface area (Å²) in [6.07, 6.45) is 2.90. The van der Waals surface area contributed by atoms with E-state index in [-0.39, 0.29) is 11.6 Å². The average molecular weight is 348 g/mol. The molecule has 0 aliphatic carbocycles. The van der Waals surface area contributed by atoms with Crippen molar-refractivity contribution in [3.8, 4) is 0 Å². The minimum absolute atomic E-state index is 0.330. The number of alkyl carbamates (subject to hydrolysis) is 1. The monoisotopic (exact) mass is 347 g/mol. The zero-order valence-corrected chi connectivity index (χ0v) is 15.5. The highest BCUT2D eigenvalue weighted by Crippen LogP contribution is 2.19. The van der Waals surface area contributed by atoms with Crippen molar-refractivity contribution < 1.29 is 9.53 Å². The van der Waals surface area contributed by atoms with E-state index < -0.39 is 5.60 Å². The summed E-state index contributed by atoms with van der Waals surface area (Å²) in [6.45, 7) is 11.0. The molecule has 1 rings (SSSR count). The molecule has 0 aliphatic rings. The standard InChI is InChI=1S/C15H26ClN3O2S/c1-6-15(7-2,19-13(20)21-14(3,4)5)10-17-9-12-18-8-11(16)22-12/h8,17H,6-7,9-10H2,1-5H3,(H,19,20). The lowest BCUT2D eigenvalue weighted by atomic mass is 9.93. The van der Waals surface area contributed by atoms with Crippen molar-refractivity contribution in [2.45, 2.75) is 65.1 Å². The number of thiazole rings is 1. The molecule has 2 N–H and O–H groups in total. The zero-order chi connectivity index (χ0) is 16.8. The van der Waals surface area contributed by atoms with Crippen LogP contribution in [0.15, 0.2) is 6.20 Å². The molecule has 1 aromatic rings. The molecule has 0 radical (unpaired) electrons. The molecule has 1 amide bonds. The van der Waals surface area contributed by atoms with Crippen LogP contribution in [0.2, 0.25) is 4.34 Å². The van der Waals surface area contributed by atoms with E-state index in [1.807, 2.05) is 20.8 Å². The predicted molar refractivity (Wildman–Crippen MR) is 91.5 cm³/mol. The summed E-state index contributed by atoms with van der Waals surface area (Å²) in [6, 6.07) is 0. The van der Waals surface area contributed by atoms with Crippen LogP contribution >= 0.6 is 22.9 Å². The molecule has 0 aromatic carbocycles. The molecule has 0 aliphatic heterocycles. The van der Waals surface area contributed by atoms with Crippen LogP contribution in [-0.2, 0) is 11.3 Å². The molecule has 126 valence electrons. The first-order valence-corrected chi connectivity index (χ1v) is 8.71. The highest BCUT2D eigenvalue weighted by atomic mass is 35.5. The molecule has 22 heavy (non-hydrogen) atoms. The van der Waals surface area contributed by atoms with E-state index in [9.17, 15) is 4.79 Å². The van der Waals surface area contributed by atoms with E-state index >= 15 is 0 Å². The number of carbonyl (C=O) groups is 1. The third-order valence-corrected chi connectivity index (χ3v) is 4.50. The van der Waals surface area contributed by atoms with Crippen molar-refractivity contribution in [2.24, 2.45) is 0 Å². The van der Waals surface area contributed by atoms with E-state index in [0.717, 1.165) is 17.8 Å². The Kier molecular flexibility index (Phi) is 7.09. The third-order valence-electron chi connectivity index (χ3n) is 3.38. The van der Waals surface area contributed by atoms with E-state index in [1.54, 1.807) is 6.20 Å². The third kappa shape index (κ3) is 6.50. The molecule has 0 saturated carbocycles. The smallest absolute Gasteiger partial charge is 0.408 e. The van der Waals surface area contributed by atoms with Crippen LogP contribution in [0.1, 0.15) is 52.5 Å². The Morgan fingerprint density at radius 3 is 2.45 bits per heavy atom. The number of halogens is 1. The van der Waals surface area contributed by atoms with Crippen LogP contribution in [0, 0.1) is 0 Å². The fourth-order valence-corrected chi connectivity index (χ4v) is 2.95. The summed E-state index contributed by atoms with van der Waals surface area (Å²) in [5.74, 6) is 0. The van der Waals surface area contributed by atoms with Crippen molar-refractivity contribution in [3.63, 3.8) is 0 Å². The highest BCUT2D eigenvalue weighted by molar-refractivity contribution is 7.15. The maximum Gasteiger partial charge on any atom is 0.408 e. The van der Waals surface area contributed by atoms with Crippen molar-refractivity contribution in [1.82, 2.24) is 15.6 Å². The van der Waals surface area contributed by atoms with Crippen LogP contribution in [0.25, 0.3) is 0 Å². The number of rotatable bonds is 7. The van der Waals surface area contributed by atoms with E-state index in [1.165, 1.54) is 11.3 Å². The van der Waals surface area contributed by atoms with E-state index in [0.29, 0.717) is 17.4 Å². The molecule has 0 bridgehead atoms. The molecule has 7 heteroatoms. The minimum Gasteiger partial charge on any atom is -0.444 e. The fourth-order valence-electron chi connectivity index (χ4n) is 2.02. The normalized spacial score (nSPS) is 12.3. The Balaban J connectivity index is 2.56. The Morgan fingerprint density at radius 2 is 2.00 bits per heavy atom. The molecule has 0 saturated heterocycles. The second-order valence-electron chi connectivity index (χ2n) is 6.28. The van der Waals surface area contributed by atoms with Gasteiger partial charge in [0, 0.05) is 13.1 Å². The van der Waals surface area contributed by atoms with Crippen LogP contribution in [0.5, 0.6) is 0 Å². The number of amides is 1. The fraction of sp³-hybridized carbons (Fsp3) is 0.733. The van der Waals surface area contributed by atoms with Gasteiger partial charge in [0.2, 0.25) is 0 Å². The van der Waals surface area contributed by atoms with Gasteiger partial charge in [0.1, 0.15) is 14.9 Å². The highest BCUT2D eigenvalue weighted by Gasteiger charge is 2.30. The van der Waals surface area contributed by atoms with Gasteiger partial charge in [-0.2, -0.15) is 0 Å². The Bertz CT molecular complexity index is 481. The first-order valence-electron chi connectivity index (χ1n) is 7.52. The lowest BCUT2D eigenvalue weighted by molar-refractivity contribution is 0.0446. The number of aromatic nitrogens is 1. The molecule has 1 heterocycles. The van der Waals surface area contributed by atoms with Crippen LogP contribution < -0.4 is 10.6 Å². The SMILES string of the molecule is CCC(CC)(CNCc1ncc(Cl)s1)NC(=O)OC(C)(C)C. The molecule has 0 spiro atoms. The van der Waals surface area contributed by atoms with Gasteiger partial charge >= 0.3 is 6.09 Å². The van der Waals surface area contributed by atoms with Crippen molar-refractivity contribution in [1.29, 1.82) is 0 Å². The number of hydrogen-bond acceptors (Lipinski definition) is 5. The number of nitrogens with zero attached hydrogens (tertiary/aromatic N) is 1. The molecule has 5 nitrogen and oxygen atoms in total. The molecular weight excluding hydrogens is 322 g/mol. The zero-order valence-electron chi connectivity index (χ0n) is 14.0. The summed E-state index contributed by atoms with van der Waals surface area (Å²) in [5.41, 5.74) is -0.828. The van der Waals surface area contributed by atoms with Gasteiger partial charge in [-0.25, -0.2) is 9.78 Å². The van der Waals surface area contributed by atoms with Gasteiger partial charge in [-0.1, -0.05) is 25.4 Å². The van der Waals surface area contributed by atoms with Gasteiger partial charge in [0.05, 0.1) is 11.7 Å². The number of ether oxygens (including phenoxy) is 1. The summed E-state index contributed by atoms with van der Waals surface area (Å²) < 4.78 is 6.04.